The Labute approximate surface area is 204 Å². The maximum absolute atomic E-state index is 10.8. The second kappa shape index (κ2) is 13.1. The Hall–Kier alpha value is -2.08. The summed E-state index contributed by atoms with van der Waals surface area (Å²) >= 11 is 0. The van der Waals surface area contributed by atoms with Crippen LogP contribution in [0.25, 0.3) is 21.8 Å². The fourth-order valence-electron chi connectivity index (χ4n) is 5.42. The van der Waals surface area contributed by atoms with Crippen molar-refractivity contribution < 1.29 is 9.84 Å². The molecule has 1 fully saturated rings. The standard InChI is InChI=1S/C29H43N3O2/c1-2-3-4-5-6-7-12-25(22-16-18-30-19-17-22)31-20-23(33)21-34-28-15-10-14-27-29(28)24-11-8-9-13-26(24)32-27/h8-11,13-15,22-23,25,30-33H,2-7,12,16-21H2,1H3/t23-,25?/m0/s1. The van der Waals surface area contributed by atoms with Crippen molar-refractivity contribution in [2.24, 2.45) is 5.92 Å². The first kappa shape index (κ1) is 25.0. The monoisotopic (exact) mass is 465 g/mol. The molecule has 5 heteroatoms. The molecule has 2 atom stereocenters. The lowest BCUT2D eigenvalue weighted by atomic mass is 9.87. The van der Waals surface area contributed by atoms with Gasteiger partial charge in [-0.15, -0.1) is 0 Å². The van der Waals surface area contributed by atoms with E-state index in [1.165, 1.54) is 57.8 Å². The van der Waals surface area contributed by atoms with Gasteiger partial charge in [0.25, 0.3) is 0 Å². The second-order valence-electron chi connectivity index (χ2n) is 9.97. The molecule has 34 heavy (non-hydrogen) atoms. The van der Waals surface area contributed by atoms with E-state index in [2.05, 4.69) is 46.8 Å². The number of hydrogen-bond donors (Lipinski definition) is 4. The van der Waals surface area contributed by atoms with Gasteiger partial charge in [-0.05, 0) is 56.5 Å². The van der Waals surface area contributed by atoms with Crippen molar-refractivity contribution in [3.63, 3.8) is 0 Å². The number of nitrogens with one attached hydrogen (secondary N) is 3. The number of unbranched alkanes of at least 4 members (excludes halogenated alkanes) is 5. The van der Waals surface area contributed by atoms with E-state index in [0.29, 0.717) is 25.1 Å². The quantitative estimate of drug-likeness (QED) is 0.228. The van der Waals surface area contributed by atoms with Gasteiger partial charge in [-0.2, -0.15) is 0 Å². The minimum Gasteiger partial charge on any atom is -0.490 e. The van der Waals surface area contributed by atoms with E-state index in [1.54, 1.807) is 0 Å². The van der Waals surface area contributed by atoms with Gasteiger partial charge in [0.2, 0.25) is 0 Å². The van der Waals surface area contributed by atoms with Crippen LogP contribution in [-0.2, 0) is 0 Å². The summed E-state index contributed by atoms with van der Waals surface area (Å²) in [5.74, 6) is 1.53. The minimum absolute atomic E-state index is 0.293. The Kier molecular flexibility index (Phi) is 9.66. The molecule has 1 unspecified atom stereocenters. The number of piperidine rings is 1. The summed E-state index contributed by atoms with van der Waals surface area (Å²) in [5, 5.41) is 20.2. The lowest BCUT2D eigenvalue weighted by Gasteiger charge is -2.32. The molecule has 0 saturated carbocycles. The summed E-state index contributed by atoms with van der Waals surface area (Å²) in [4.78, 5) is 3.46. The molecular weight excluding hydrogens is 422 g/mol. The van der Waals surface area contributed by atoms with E-state index < -0.39 is 6.10 Å². The normalized spacial score (nSPS) is 16.8. The summed E-state index contributed by atoms with van der Waals surface area (Å²) in [6.45, 7) is 5.36. The summed E-state index contributed by atoms with van der Waals surface area (Å²) in [6.07, 6.45) is 11.1. The highest BCUT2D eigenvalue weighted by atomic mass is 16.5. The van der Waals surface area contributed by atoms with Crippen molar-refractivity contribution in [1.82, 2.24) is 15.6 Å². The molecule has 4 N–H and O–H groups in total. The molecule has 0 amide bonds. The van der Waals surface area contributed by atoms with E-state index in [4.69, 9.17) is 4.74 Å². The zero-order valence-corrected chi connectivity index (χ0v) is 20.8. The number of aliphatic hydroxyl groups is 1. The molecular formula is C29H43N3O2. The Morgan fingerprint density at radius 3 is 2.59 bits per heavy atom. The topological polar surface area (TPSA) is 69.3 Å². The number of aliphatic hydroxyl groups excluding tert-OH is 1. The van der Waals surface area contributed by atoms with E-state index in [9.17, 15) is 5.11 Å². The van der Waals surface area contributed by atoms with Crippen LogP contribution in [0.15, 0.2) is 42.5 Å². The molecule has 186 valence electrons. The Morgan fingerprint density at radius 2 is 1.74 bits per heavy atom. The Bertz CT molecular complexity index is 995. The van der Waals surface area contributed by atoms with Gasteiger partial charge in [0.05, 0.1) is 5.52 Å². The highest BCUT2D eigenvalue weighted by Gasteiger charge is 2.23. The zero-order chi connectivity index (χ0) is 23.6. The first-order valence-electron chi connectivity index (χ1n) is 13.5. The van der Waals surface area contributed by atoms with Crippen LogP contribution in [-0.4, -0.2) is 48.5 Å². The van der Waals surface area contributed by atoms with Gasteiger partial charge in [-0.1, -0.05) is 69.7 Å². The number of aromatic amines is 1. The number of aromatic nitrogens is 1. The van der Waals surface area contributed by atoms with Gasteiger partial charge >= 0.3 is 0 Å². The minimum atomic E-state index is -0.533. The number of fused-ring (bicyclic) bond motifs is 3. The van der Waals surface area contributed by atoms with Crippen LogP contribution in [0.3, 0.4) is 0 Å². The van der Waals surface area contributed by atoms with Crippen molar-refractivity contribution in [2.45, 2.75) is 76.9 Å². The number of H-pyrrole nitrogens is 1. The van der Waals surface area contributed by atoms with Crippen molar-refractivity contribution in [2.75, 3.05) is 26.2 Å². The van der Waals surface area contributed by atoms with Crippen molar-refractivity contribution >= 4 is 21.8 Å². The first-order chi connectivity index (χ1) is 16.8. The maximum atomic E-state index is 10.8. The number of rotatable bonds is 14. The van der Waals surface area contributed by atoms with Crippen molar-refractivity contribution in [3.05, 3.63) is 42.5 Å². The molecule has 1 aromatic heterocycles. The smallest absolute Gasteiger partial charge is 0.129 e. The molecule has 4 rings (SSSR count). The highest BCUT2D eigenvalue weighted by molar-refractivity contribution is 6.10. The number of ether oxygens (including phenoxy) is 1. The largest absolute Gasteiger partial charge is 0.490 e. The van der Waals surface area contributed by atoms with Crippen LogP contribution in [0.5, 0.6) is 5.75 Å². The molecule has 5 nitrogen and oxygen atoms in total. The Balaban J connectivity index is 1.29. The van der Waals surface area contributed by atoms with Gasteiger partial charge in [-0.3, -0.25) is 0 Å². The van der Waals surface area contributed by atoms with Crippen molar-refractivity contribution in [1.29, 1.82) is 0 Å². The fraction of sp³-hybridized carbons (Fsp3) is 0.586. The highest BCUT2D eigenvalue weighted by Crippen LogP contribution is 2.33. The van der Waals surface area contributed by atoms with Crippen LogP contribution >= 0.6 is 0 Å². The fourth-order valence-corrected chi connectivity index (χ4v) is 5.42. The molecule has 0 spiro atoms. The molecule has 1 saturated heterocycles. The number of benzene rings is 2. The zero-order valence-electron chi connectivity index (χ0n) is 20.8. The van der Waals surface area contributed by atoms with Gasteiger partial charge in [0.1, 0.15) is 18.5 Å². The van der Waals surface area contributed by atoms with Crippen LogP contribution in [0.4, 0.5) is 0 Å². The van der Waals surface area contributed by atoms with Gasteiger partial charge in [-0.25, -0.2) is 0 Å². The predicted octanol–water partition coefficient (Wildman–Crippen LogP) is 5.77. The van der Waals surface area contributed by atoms with Crippen LogP contribution in [0.1, 0.15) is 64.7 Å². The van der Waals surface area contributed by atoms with E-state index in [-0.39, 0.29) is 0 Å². The average Bonchev–Trinajstić information content (AvgIpc) is 3.26. The summed E-state index contributed by atoms with van der Waals surface area (Å²) < 4.78 is 6.14. The van der Waals surface area contributed by atoms with Gasteiger partial charge < -0.3 is 25.5 Å². The van der Waals surface area contributed by atoms with Crippen molar-refractivity contribution in [3.8, 4) is 5.75 Å². The van der Waals surface area contributed by atoms with Crippen LogP contribution in [0.2, 0.25) is 0 Å². The molecule has 0 radical (unpaired) electrons. The predicted molar refractivity (Wildman–Crippen MR) is 143 cm³/mol. The second-order valence-corrected chi connectivity index (χ2v) is 9.97. The first-order valence-corrected chi connectivity index (χ1v) is 13.5. The van der Waals surface area contributed by atoms with Crippen LogP contribution in [0, 0.1) is 5.92 Å². The van der Waals surface area contributed by atoms with Crippen LogP contribution < -0.4 is 15.4 Å². The molecule has 0 bridgehead atoms. The summed E-state index contributed by atoms with van der Waals surface area (Å²) in [7, 11) is 0. The Morgan fingerprint density at radius 1 is 0.971 bits per heavy atom. The molecule has 2 heterocycles. The number of hydrogen-bond acceptors (Lipinski definition) is 4. The third-order valence-corrected chi connectivity index (χ3v) is 7.36. The van der Waals surface area contributed by atoms with E-state index >= 15 is 0 Å². The van der Waals surface area contributed by atoms with Gasteiger partial charge in [0, 0.05) is 28.9 Å². The molecule has 1 aliphatic heterocycles. The molecule has 3 aromatic rings. The average molecular weight is 466 g/mol. The van der Waals surface area contributed by atoms with E-state index in [1.807, 2.05) is 18.2 Å². The lowest BCUT2D eigenvalue weighted by molar-refractivity contribution is 0.0991. The summed E-state index contributed by atoms with van der Waals surface area (Å²) in [5.41, 5.74) is 2.17. The molecule has 0 aliphatic carbocycles. The lowest BCUT2D eigenvalue weighted by Crippen LogP contribution is -2.45. The molecule has 2 aromatic carbocycles. The third-order valence-electron chi connectivity index (χ3n) is 7.36. The summed E-state index contributed by atoms with van der Waals surface area (Å²) in [6, 6.07) is 14.9. The van der Waals surface area contributed by atoms with Gasteiger partial charge in [0.15, 0.2) is 0 Å². The number of para-hydroxylation sites is 1. The molecule has 1 aliphatic rings. The SMILES string of the molecule is CCCCCCCCC(NC[C@H](O)COc1cccc2[nH]c3ccccc3c12)C1CCNCC1. The third kappa shape index (κ3) is 6.74. The van der Waals surface area contributed by atoms with E-state index in [0.717, 1.165) is 40.6 Å². The maximum Gasteiger partial charge on any atom is 0.129 e.